The van der Waals surface area contributed by atoms with Gasteiger partial charge in [-0.15, -0.1) is 11.8 Å². The molecule has 1 aromatic carbocycles. The van der Waals surface area contributed by atoms with E-state index in [0.717, 1.165) is 11.3 Å². The molecule has 0 aliphatic carbocycles. The third kappa shape index (κ3) is 4.86. The molecule has 1 unspecified atom stereocenters. The Bertz CT molecular complexity index is 479. The molecule has 0 saturated carbocycles. The first kappa shape index (κ1) is 16.5. The number of anilines is 1. The van der Waals surface area contributed by atoms with Crippen LogP contribution in [0.1, 0.15) is 20.3 Å². The molecule has 6 heteroatoms. The zero-order valence-electron chi connectivity index (χ0n) is 11.8. The average Bonchev–Trinajstić information content (AvgIpc) is 2.44. The highest BCUT2D eigenvalue weighted by molar-refractivity contribution is 8.00. The fourth-order valence-electron chi connectivity index (χ4n) is 1.57. The SMILES string of the molecule is CCC(C)[C@H](N)C(=O)Nc1ccccc1SCC(N)=O. The van der Waals surface area contributed by atoms with Crippen LogP contribution in [0.5, 0.6) is 0 Å². The van der Waals surface area contributed by atoms with E-state index in [1.807, 2.05) is 32.0 Å². The Kier molecular flexibility index (Phi) is 6.54. The molecular weight excluding hydrogens is 274 g/mol. The number of rotatable bonds is 7. The highest BCUT2D eigenvalue weighted by Crippen LogP contribution is 2.27. The van der Waals surface area contributed by atoms with Crippen molar-refractivity contribution in [2.75, 3.05) is 11.1 Å². The lowest BCUT2D eigenvalue weighted by Gasteiger charge is -2.18. The van der Waals surface area contributed by atoms with Crippen molar-refractivity contribution in [2.24, 2.45) is 17.4 Å². The van der Waals surface area contributed by atoms with Gasteiger partial charge in [0.15, 0.2) is 0 Å². The van der Waals surface area contributed by atoms with Gasteiger partial charge in [0.2, 0.25) is 11.8 Å². The van der Waals surface area contributed by atoms with Gasteiger partial charge >= 0.3 is 0 Å². The lowest BCUT2D eigenvalue weighted by Crippen LogP contribution is -2.40. The molecule has 0 heterocycles. The lowest BCUT2D eigenvalue weighted by molar-refractivity contribution is -0.118. The molecule has 0 bridgehead atoms. The Morgan fingerprint density at radius 1 is 1.35 bits per heavy atom. The van der Waals surface area contributed by atoms with Crippen LogP contribution in [-0.2, 0) is 9.59 Å². The smallest absolute Gasteiger partial charge is 0.241 e. The summed E-state index contributed by atoms with van der Waals surface area (Å²) in [6.45, 7) is 3.94. The summed E-state index contributed by atoms with van der Waals surface area (Å²) in [4.78, 5) is 23.7. The van der Waals surface area contributed by atoms with Crippen LogP contribution >= 0.6 is 11.8 Å². The van der Waals surface area contributed by atoms with Crippen LogP contribution in [-0.4, -0.2) is 23.6 Å². The van der Waals surface area contributed by atoms with Gasteiger partial charge in [-0.3, -0.25) is 9.59 Å². The van der Waals surface area contributed by atoms with E-state index < -0.39 is 11.9 Å². The van der Waals surface area contributed by atoms with Gasteiger partial charge in [0.25, 0.3) is 0 Å². The maximum absolute atomic E-state index is 12.1. The van der Waals surface area contributed by atoms with Crippen LogP contribution in [0.4, 0.5) is 5.69 Å². The van der Waals surface area contributed by atoms with E-state index in [4.69, 9.17) is 11.5 Å². The maximum Gasteiger partial charge on any atom is 0.241 e. The van der Waals surface area contributed by atoms with Gasteiger partial charge in [-0.25, -0.2) is 0 Å². The first-order valence-electron chi connectivity index (χ1n) is 6.52. The molecule has 0 aromatic heterocycles. The van der Waals surface area contributed by atoms with Gasteiger partial charge in [0.1, 0.15) is 0 Å². The minimum absolute atomic E-state index is 0.112. The van der Waals surface area contributed by atoms with Gasteiger partial charge in [0, 0.05) is 4.90 Å². The number of amides is 2. The first-order chi connectivity index (χ1) is 9.45. The molecule has 0 spiro atoms. The van der Waals surface area contributed by atoms with Crippen LogP contribution in [0.25, 0.3) is 0 Å². The average molecular weight is 295 g/mol. The van der Waals surface area contributed by atoms with E-state index in [0.29, 0.717) is 5.69 Å². The molecule has 5 N–H and O–H groups in total. The molecule has 2 atom stereocenters. The molecule has 0 aliphatic rings. The number of nitrogens with one attached hydrogen (secondary N) is 1. The number of hydrogen-bond acceptors (Lipinski definition) is 4. The predicted molar refractivity (Wildman–Crippen MR) is 82.4 cm³/mol. The van der Waals surface area contributed by atoms with Crippen LogP contribution in [0.15, 0.2) is 29.2 Å². The number of primary amides is 1. The van der Waals surface area contributed by atoms with Crippen LogP contribution in [0.2, 0.25) is 0 Å². The molecule has 0 saturated heterocycles. The Labute approximate surface area is 123 Å². The van der Waals surface area contributed by atoms with Crippen molar-refractivity contribution in [1.29, 1.82) is 0 Å². The van der Waals surface area contributed by atoms with Gasteiger partial charge in [0.05, 0.1) is 17.5 Å². The van der Waals surface area contributed by atoms with Gasteiger partial charge in [-0.1, -0.05) is 32.4 Å². The Morgan fingerprint density at radius 3 is 2.60 bits per heavy atom. The summed E-state index contributed by atoms with van der Waals surface area (Å²) in [6, 6.07) is 6.73. The molecule has 2 amide bonds. The molecular formula is C14H21N3O2S. The summed E-state index contributed by atoms with van der Waals surface area (Å²) in [7, 11) is 0. The summed E-state index contributed by atoms with van der Waals surface area (Å²) in [5.74, 6) is -0.330. The quantitative estimate of drug-likeness (QED) is 0.665. The normalized spacial score (nSPS) is 13.6. The van der Waals surface area contributed by atoms with Crippen LogP contribution < -0.4 is 16.8 Å². The molecule has 0 fully saturated rings. The van der Waals surface area contributed by atoms with Crippen molar-refractivity contribution in [2.45, 2.75) is 31.2 Å². The van der Waals surface area contributed by atoms with Gasteiger partial charge < -0.3 is 16.8 Å². The molecule has 5 nitrogen and oxygen atoms in total. The Balaban J connectivity index is 2.76. The van der Waals surface area contributed by atoms with Crippen molar-refractivity contribution < 1.29 is 9.59 Å². The van der Waals surface area contributed by atoms with E-state index in [1.54, 1.807) is 6.07 Å². The van der Waals surface area contributed by atoms with E-state index in [1.165, 1.54) is 11.8 Å². The first-order valence-corrected chi connectivity index (χ1v) is 7.50. The molecule has 110 valence electrons. The molecule has 20 heavy (non-hydrogen) atoms. The van der Waals surface area contributed by atoms with Gasteiger partial charge in [-0.2, -0.15) is 0 Å². The number of nitrogens with two attached hydrogens (primary N) is 2. The zero-order chi connectivity index (χ0) is 15.1. The van der Waals surface area contributed by atoms with Crippen molar-refractivity contribution in [3.05, 3.63) is 24.3 Å². The standard InChI is InChI=1S/C14H21N3O2S/c1-3-9(2)13(16)14(19)17-10-6-4-5-7-11(10)20-8-12(15)18/h4-7,9,13H,3,8,16H2,1-2H3,(H2,15,18)(H,17,19)/t9?,13-/m0/s1. The zero-order valence-corrected chi connectivity index (χ0v) is 12.6. The van der Waals surface area contributed by atoms with Crippen molar-refractivity contribution >= 4 is 29.3 Å². The number of para-hydroxylation sites is 1. The number of hydrogen-bond donors (Lipinski definition) is 3. The third-order valence-corrected chi connectivity index (χ3v) is 4.17. The van der Waals surface area contributed by atoms with Crippen LogP contribution in [0.3, 0.4) is 0 Å². The fraction of sp³-hybridized carbons (Fsp3) is 0.429. The van der Waals surface area contributed by atoms with E-state index >= 15 is 0 Å². The third-order valence-electron chi connectivity index (χ3n) is 3.07. The number of thioether (sulfide) groups is 1. The lowest BCUT2D eigenvalue weighted by atomic mass is 9.99. The summed E-state index contributed by atoms with van der Waals surface area (Å²) in [5, 5.41) is 2.81. The predicted octanol–water partition coefficient (Wildman–Crippen LogP) is 1.58. The second kappa shape index (κ2) is 7.91. The van der Waals surface area contributed by atoms with E-state index in [-0.39, 0.29) is 17.6 Å². The topological polar surface area (TPSA) is 98.2 Å². The summed E-state index contributed by atoms with van der Waals surface area (Å²) < 4.78 is 0. The highest BCUT2D eigenvalue weighted by Gasteiger charge is 2.20. The number of benzene rings is 1. The minimum atomic E-state index is -0.547. The molecule has 1 rings (SSSR count). The summed E-state index contributed by atoms with van der Waals surface area (Å²) >= 11 is 1.29. The van der Waals surface area contributed by atoms with Crippen LogP contribution in [0, 0.1) is 5.92 Å². The maximum atomic E-state index is 12.1. The second-order valence-electron chi connectivity index (χ2n) is 4.65. The highest BCUT2D eigenvalue weighted by atomic mass is 32.2. The summed E-state index contributed by atoms with van der Waals surface area (Å²) in [6.07, 6.45) is 0.840. The molecule has 1 aromatic rings. The van der Waals surface area contributed by atoms with Gasteiger partial charge in [-0.05, 0) is 18.1 Å². The van der Waals surface area contributed by atoms with E-state index in [2.05, 4.69) is 5.32 Å². The van der Waals surface area contributed by atoms with Crippen molar-refractivity contribution in [3.63, 3.8) is 0 Å². The Hall–Kier alpha value is -1.53. The monoisotopic (exact) mass is 295 g/mol. The van der Waals surface area contributed by atoms with Crippen molar-refractivity contribution in [1.82, 2.24) is 0 Å². The Morgan fingerprint density at radius 2 is 2.00 bits per heavy atom. The number of carbonyl (C=O) groups is 2. The summed E-state index contributed by atoms with van der Waals surface area (Å²) in [5.41, 5.74) is 11.7. The fourth-order valence-corrected chi connectivity index (χ4v) is 2.32. The number of carbonyl (C=O) groups excluding carboxylic acids is 2. The largest absolute Gasteiger partial charge is 0.369 e. The van der Waals surface area contributed by atoms with Crippen molar-refractivity contribution in [3.8, 4) is 0 Å². The molecule has 0 aliphatic heterocycles. The minimum Gasteiger partial charge on any atom is -0.369 e. The second-order valence-corrected chi connectivity index (χ2v) is 5.67. The molecule has 0 radical (unpaired) electrons. The van der Waals surface area contributed by atoms with E-state index in [9.17, 15) is 9.59 Å².